The number of nitriles is 1. The Morgan fingerprint density at radius 3 is 2.05 bits per heavy atom. The average molecular weight is 787 g/mol. The Morgan fingerprint density at radius 2 is 1.54 bits per heavy atom. The van der Waals surface area contributed by atoms with Crippen LogP contribution in [-0.4, -0.2) is 78.2 Å². The molecule has 0 radical (unpaired) electrons. The van der Waals surface area contributed by atoms with E-state index in [1.165, 1.54) is 16.8 Å². The minimum Gasteiger partial charge on any atom is -0.497 e. The van der Waals surface area contributed by atoms with Crippen LogP contribution in [0, 0.1) is 11.3 Å². The van der Waals surface area contributed by atoms with Gasteiger partial charge in [-0.25, -0.2) is 9.46 Å². The number of rotatable bonds is 17. The number of aromatic amines is 1. The van der Waals surface area contributed by atoms with E-state index in [0.717, 1.165) is 16.7 Å². The van der Waals surface area contributed by atoms with E-state index in [2.05, 4.69) is 43.4 Å². The van der Waals surface area contributed by atoms with Crippen LogP contribution >= 0.6 is 8.53 Å². The first kappa shape index (κ1) is 41.3. The van der Waals surface area contributed by atoms with Gasteiger partial charge in [-0.2, -0.15) is 5.26 Å². The number of benzene rings is 3. The van der Waals surface area contributed by atoms with Crippen molar-refractivity contribution >= 4 is 8.53 Å². The largest absolute Gasteiger partial charge is 0.497 e. The molecule has 2 aliphatic rings. The maximum absolute atomic E-state index is 13.5. The summed E-state index contributed by atoms with van der Waals surface area (Å²) in [4.78, 5) is 28.1. The third-order valence-corrected chi connectivity index (χ3v) is 12.3. The van der Waals surface area contributed by atoms with Gasteiger partial charge in [0.05, 0.1) is 39.9 Å². The molecule has 0 bridgehead atoms. The molecule has 2 saturated heterocycles. The standard InChI is InChI=1S/C42H51N4O9P/c1-29(2)46(30(3)4)56(53-27-11-24-43)55-38-36(54-39(41(38)23-10-26-51-41)45-25-22-37(47)44-40(45)48)28-52-42(31-12-8-7-9-13-31,32-14-18-34(49-5)19-15-32)33-16-20-35(50-6)21-17-33/h7-9,12-22,25,29-30,36,38-39H,10-11,23,26-28H2,1-6H3,(H,44,47,48)/t36-,38-,39-,41+,56?/m1/s1. The highest BCUT2D eigenvalue weighted by Gasteiger charge is 2.62. The van der Waals surface area contributed by atoms with E-state index in [1.54, 1.807) is 14.2 Å². The molecule has 1 spiro atoms. The van der Waals surface area contributed by atoms with Gasteiger partial charge in [-0.1, -0.05) is 54.6 Å². The molecule has 0 saturated carbocycles. The second kappa shape index (κ2) is 18.3. The first-order valence-electron chi connectivity index (χ1n) is 18.9. The van der Waals surface area contributed by atoms with Crippen molar-refractivity contribution in [1.29, 1.82) is 5.26 Å². The fraction of sp³-hybridized carbons (Fsp3) is 0.452. The number of ether oxygens (including phenoxy) is 5. The summed E-state index contributed by atoms with van der Waals surface area (Å²) in [5.41, 5.74) is -0.976. The molecule has 1 aromatic heterocycles. The van der Waals surface area contributed by atoms with Crippen molar-refractivity contribution in [2.24, 2.45) is 0 Å². The topological polar surface area (TPSA) is 147 Å². The smallest absolute Gasteiger partial charge is 0.330 e. The lowest BCUT2D eigenvalue weighted by molar-refractivity contribution is -0.122. The van der Waals surface area contributed by atoms with Crippen molar-refractivity contribution in [3.63, 3.8) is 0 Å². The minimum absolute atomic E-state index is 0.0224. The SMILES string of the molecule is COc1ccc(C(OC[C@H]2O[C@@H](n3ccc(=O)[nH]c3=O)[C@]3(CCCO3)[C@@H]2OP(OCCC#N)N(C(C)C)C(C)C)(c2ccccc2)c2ccc(OC)cc2)cc1. The zero-order valence-corrected chi connectivity index (χ0v) is 33.6. The number of aromatic nitrogens is 2. The molecule has 1 unspecified atom stereocenters. The van der Waals surface area contributed by atoms with E-state index < -0.39 is 49.4 Å². The van der Waals surface area contributed by atoms with Gasteiger partial charge in [0.15, 0.2) is 6.23 Å². The second-order valence-corrected chi connectivity index (χ2v) is 15.7. The molecule has 1 N–H and O–H groups in total. The zero-order chi connectivity index (χ0) is 39.9. The van der Waals surface area contributed by atoms with Crippen molar-refractivity contribution in [2.45, 2.75) is 88.7 Å². The number of hydrogen-bond donors (Lipinski definition) is 1. The summed E-state index contributed by atoms with van der Waals surface area (Å²) in [6, 6.07) is 29.0. The van der Waals surface area contributed by atoms with Crippen LogP contribution in [0.3, 0.4) is 0 Å². The van der Waals surface area contributed by atoms with Crippen molar-refractivity contribution in [3.05, 3.63) is 129 Å². The summed E-state index contributed by atoms with van der Waals surface area (Å²) < 4.78 is 49.1. The molecule has 3 heterocycles. The number of nitrogens with zero attached hydrogens (tertiary/aromatic N) is 3. The average Bonchev–Trinajstić information content (AvgIpc) is 3.80. The van der Waals surface area contributed by atoms with Crippen molar-refractivity contribution in [2.75, 3.05) is 34.0 Å². The Labute approximate surface area is 329 Å². The van der Waals surface area contributed by atoms with E-state index >= 15 is 0 Å². The van der Waals surface area contributed by atoms with Crippen LogP contribution in [-0.2, 0) is 28.9 Å². The molecule has 13 nitrogen and oxygen atoms in total. The molecule has 56 heavy (non-hydrogen) atoms. The molecule has 298 valence electrons. The summed E-state index contributed by atoms with van der Waals surface area (Å²) in [5.74, 6) is 1.38. The highest BCUT2D eigenvalue weighted by atomic mass is 31.2. The van der Waals surface area contributed by atoms with Crippen LogP contribution < -0.4 is 20.7 Å². The van der Waals surface area contributed by atoms with E-state index in [4.69, 9.17) is 32.7 Å². The summed E-state index contributed by atoms with van der Waals surface area (Å²) in [6.45, 7) is 8.82. The highest BCUT2D eigenvalue weighted by Crippen LogP contribution is 2.56. The monoisotopic (exact) mass is 786 g/mol. The lowest BCUT2D eigenvalue weighted by Gasteiger charge is -2.41. The third kappa shape index (κ3) is 8.34. The van der Waals surface area contributed by atoms with Gasteiger partial charge >= 0.3 is 5.69 Å². The molecule has 5 atom stereocenters. The van der Waals surface area contributed by atoms with Crippen LogP contribution in [0.4, 0.5) is 0 Å². The molecule has 2 aliphatic heterocycles. The van der Waals surface area contributed by atoms with Gasteiger partial charge in [-0.15, -0.1) is 0 Å². The maximum atomic E-state index is 13.5. The van der Waals surface area contributed by atoms with E-state index in [0.29, 0.717) is 30.9 Å². The predicted molar refractivity (Wildman–Crippen MR) is 211 cm³/mol. The minimum atomic E-state index is -1.78. The van der Waals surface area contributed by atoms with E-state index in [9.17, 15) is 14.9 Å². The van der Waals surface area contributed by atoms with E-state index in [1.807, 2.05) is 78.9 Å². The van der Waals surface area contributed by atoms with Crippen LogP contribution in [0.25, 0.3) is 0 Å². The van der Waals surface area contributed by atoms with Gasteiger partial charge in [0.2, 0.25) is 0 Å². The van der Waals surface area contributed by atoms with Crippen molar-refractivity contribution < 1.29 is 32.7 Å². The van der Waals surface area contributed by atoms with Crippen LogP contribution in [0.5, 0.6) is 11.5 Å². The van der Waals surface area contributed by atoms with Gasteiger partial charge in [0.25, 0.3) is 14.1 Å². The molecule has 14 heteroatoms. The molecule has 0 aliphatic carbocycles. The van der Waals surface area contributed by atoms with Gasteiger partial charge in [0, 0.05) is 31.0 Å². The molecule has 6 rings (SSSR count). The first-order valence-corrected chi connectivity index (χ1v) is 20.1. The van der Waals surface area contributed by atoms with Crippen LogP contribution in [0.2, 0.25) is 0 Å². The molecule has 3 aromatic carbocycles. The maximum Gasteiger partial charge on any atom is 0.330 e. The summed E-state index contributed by atoms with van der Waals surface area (Å²) in [7, 11) is 1.47. The first-order chi connectivity index (χ1) is 27.1. The van der Waals surface area contributed by atoms with Gasteiger partial charge in [-0.05, 0) is 81.5 Å². The number of hydrogen-bond acceptors (Lipinski definition) is 11. The number of methoxy groups -OCH3 is 2. The fourth-order valence-corrected chi connectivity index (χ4v) is 9.59. The Hall–Kier alpha value is -4.38. The Balaban J connectivity index is 1.50. The van der Waals surface area contributed by atoms with Gasteiger partial charge in [-0.3, -0.25) is 14.3 Å². The highest BCUT2D eigenvalue weighted by molar-refractivity contribution is 7.44. The van der Waals surface area contributed by atoms with Gasteiger partial charge in [0.1, 0.15) is 34.9 Å². The lowest BCUT2D eigenvalue weighted by Crippen LogP contribution is -2.50. The quantitative estimate of drug-likeness (QED) is 0.0696. The molecular weight excluding hydrogens is 735 g/mol. The summed E-state index contributed by atoms with van der Waals surface area (Å²) in [5, 5.41) is 9.42. The molecule has 4 aromatic rings. The molecular formula is C42H51N4O9P. The summed E-state index contributed by atoms with van der Waals surface area (Å²) in [6.07, 6.45) is 0.172. The summed E-state index contributed by atoms with van der Waals surface area (Å²) >= 11 is 0. The van der Waals surface area contributed by atoms with Crippen LogP contribution in [0.15, 0.2) is 101 Å². The molecule has 0 amide bonds. The normalized spacial score (nSPS) is 21.5. The Bertz CT molecular complexity index is 1970. The van der Waals surface area contributed by atoms with Crippen molar-refractivity contribution in [3.8, 4) is 17.6 Å². The fourth-order valence-electron chi connectivity index (χ4n) is 7.78. The number of nitrogens with one attached hydrogen (secondary N) is 1. The number of H-pyrrole nitrogens is 1. The van der Waals surface area contributed by atoms with Crippen molar-refractivity contribution in [1.82, 2.24) is 14.2 Å². The van der Waals surface area contributed by atoms with Gasteiger partial charge < -0.3 is 32.7 Å². The van der Waals surface area contributed by atoms with Crippen LogP contribution in [0.1, 0.15) is 69.9 Å². The second-order valence-electron chi connectivity index (χ2n) is 14.3. The zero-order valence-electron chi connectivity index (χ0n) is 32.8. The van der Waals surface area contributed by atoms with E-state index in [-0.39, 0.29) is 31.7 Å². The Morgan fingerprint density at radius 1 is 0.929 bits per heavy atom. The Kier molecular flexibility index (Phi) is 13.5. The predicted octanol–water partition coefficient (Wildman–Crippen LogP) is 6.67. The lowest BCUT2D eigenvalue weighted by atomic mass is 9.80. The third-order valence-electron chi connectivity index (χ3n) is 10.2. The molecule has 2 fully saturated rings.